The average Bonchev–Trinajstić information content (AvgIpc) is 2.34. The summed E-state index contributed by atoms with van der Waals surface area (Å²) >= 11 is 0. The van der Waals surface area contributed by atoms with E-state index in [0.717, 1.165) is 13.1 Å². The zero-order valence-electron chi connectivity index (χ0n) is 9.32. The van der Waals surface area contributed by atoms with Gasteiger partial charge in [-0.25, -0.2) is 0 Å². The molecule has 4 heteroatoms. The highest BCUT2D eigenvalue weighted by atomic mass is 16.5. The molecule has 1 aromatic rings. The number of benzene rings is 1. The van der Waals surface area contributed by atoms with Crippen molar-refractivity contribution in [1.82, 2.24) is 10.6 Å². The number of ether oxygens (including phenoxy) is 1. The second kappa shape index (κ2) is 8.88. The fourth-order valence-corrected chi connectivity index (χ4v) is 1.25. The molecule has 0 unspecified atom stereocenters. The Balaban J connectivity index is 1.90. The predicted octanol–water partition coefficient (Wildman–Crippen LogP) is 0.539. The van der Waals surface area contributed by atoms with Crippen LogP contribution in [-0.2, 0) is 16.1 Å². The molecule has 0 atom stereocenters. The third kappa shape index (κ3) is 6.16. The highest BCUT2D eigenvalue weighted by Crippen LogP contribution is 1.99. The Morgan fingerprint density at radius 3 is 2.69 bits per heavy atom. The normalized spacial score (nSPS) is 10.0. The van der Waals surface area contributed by atoms with Crippen LogP contribution in [0.15, 0.2) is 30.3 Å². The van der Waals surface area contributed by atoms with Crippen molar-refractivity contribution in [3.63, 3.8) is 0 Å². The zero-order valence-corrected chi connectivity index (χ0v) is 9.32. The van der Waals surface area contributed by atoms with E-state index >= 15 is 0 Å². The molecule has 0 bridgehead atoms. The van der Waals surface area contributed by atoms with Crippen LogP contribution in [0.4, 0.5) is 0 Å². The molecule has 4 nitrogen and oxygen atoms in total. The Morgan fingerprint density at radius 1 is 1.12 bits per heavy atom. The highest BCUT2D eigenvalue weighted by molar-refractivity contribution is 5.45. The van der Waals surface area contributed by atoms with Gasteiger partial charge in [0.15, 0.2) is 0 Å². The van der Waals surface area contributed by atoms with Crippen molar-refractivity contribution in [2.24, 2.45) is 0 Å². The molecule has 0 aromatic heterocycles. The van der Waals surface area contributed by atoms with E-state index in [2.05, 4.69) is 10.6 Å². The van der Waals surface area contributed by atoms with Gasteiger partial charge in [0, 0.05) is 19.6 Å². The van der Waals surface area contributed by atoms with Crippen LogP contribution in [0.2, 0.25) is 0 Å². The quantitative estimate of drug-likeness (QED) is 0.473. The smallest absolute Gasteiger partial charge is 0.207 e. The molecule has 0 aliphatic heterocycles. The van der Waals surface area contributed by atoms with Crippen molar-refractivity contribution in [1.29, 1.82) is 0 Å². The lowest BCUT2D eigenvalue weighted by Gasteiger charge is -2.05. The summed E-state index contributed by atoms with van der Waals surface area (Å²) < 4.78 is 5.47. The first kappa shape index (κ1) is 12.7. The van der Waals surface area contributed by atoms with Crippen LogP contribution in [0.1, 0.15) is 5.56 Å². The number of carbonyl (C=O) groups is 1. The molecular formula is C12H18N2O2. The van der Waals surface area contributed by atoms with Crippen LogP contribution < -0.4 is 10.6 Å². The summed E-state index contributed by atoms with van der Waals surface area (Å²) in [5.41, 5.74) is 1.19. The Labute approximate surface area is 96.0 Å². The first-order valence-electron chi connectivity index (χ1n) is 5.43. The minimum absolute atomic E-state index is 0.648. The van der Waals surface area contributed by atoms with Crippen molar-refractivity contribution in [3.8, 4) is 0 Å². The largest absolute Gasteiger partial charge is 0.375 e. The highest BCUT2D eigenvalue weighted by Gasteiger charge is 1.91. The lowest BCUT2D eigenvalue weighted by Crippen LogP contribution is -2.28. The molecule has 0 heterocycles. The predicted molar refractivity (Wildman–Crippen MR) is 63.0 cm³/mol. The number of nitrogens with one attached hydrogen (secondary N) is 2. The Hall–Kier alpha value is -1.39. The molecule has 0 saturated carbocycles. The van der Waals surface area contributed by atoms with E-state index in [-0.39, 0.29) is 0 Å². The van der Waals surface area contributed by atoms with Gasteiger partial charge in [0.2, 0.25) is 6.41 Å². The SMILES string of the molecule is O=CNCCNCCOCc1ccccc1. The monoisotopic (exact) mass is 222 g/mol. The molecule has 1 aromatic carbocycles. The van der Waals surface area contributed by atoms with Crippen LogP contribution >= 0.6 is 0 Å². The van der Waals surface area contributed by atoms with E-state index in [0.29, 0.717) is 26.2 Å². The van der Waals surface area contributed by atoms with Gasteiger partial charge in [-0.05, 0) is 5.56 Å². The van der Waals surface area contributed by atoms with Crippen molar-refractivity contribution in [3.05, 3.63) is 35.9 Å². The molecule has 2 N–H and O–H groups in total. The molecule has 0 aliphatic carbocycles. The molecule has 0 saturated heterocycles. The van der Waals surface area contributed by atoms with Crippen molar-refractivity contribution < 1.29 is 9.53 Å². The minimum atomic E-state index is 0.648. The Bertz CT molecular complexity index is 278. The van der Waals surface area contributed by atoms with Crippen LogP contribution in [0.25, 0.3) is 0 Å². The standard InChI is InChI=1S/C12H18N2O2/c15-11-14-7-6-13-8-9-16-10-12-4-2-1-3-5-12/h1-5,11,13H,6-10H2,(H,14,15). The van der Waals surface area contributed by atoms with Gasteiger partial charge in [0.05, 0.1) is 13.2 Å². The van der Waals surface area contributed by atoms with Gasteiger partial charge in [0.1, 0.15) is 0 Å². The molecule has 0 fully saturated rings. The second-order valence-electron chi connectivity index (χ2n) is 3.36. The Morgan fingerprint density at radius 2 is 1.94 bits per heavy atom. The van der Waals surface area contributed by atoms with Gasteiger partial charge in [-0.15, -0.1) is 0 Å². The fraction of sp³-hybridized carbons (Fsp3) is 0.417. The summed E-state index contributed by atoms with van der Waals surface area (Å²) in [5.74, 6) is 0. The third-order valence-electron chi connectivity index (χ3n) is 2.06. The van der Waals surface area contributed by atoms with Gasteiger partial charge in [-0.2, -0.15) is 0 Å². The maximum atomic E-state index is 9.93. The van der Waals surface area contributed by atoms with Gasteiger partial charge >= 0.3 is 0 Å². The summed E-state index contributed by atoms with van der Waals surface area (Å²) in [6.07, 6.45) is 0.702. The van der Waals surface area contributed by atoms with E-state index in [1.807, 2.05) is 30.3 Å². The molecule has 1 rings (SSSR count). The first-order chi connectivity index (χ1) is 7.93. The number of hydrogen-bond acceptors (Lipinski definition) is 3. The maximum Gasteiger partial charge on any atom is 0.207 e. The summed E-state index contributed by atoms with van der Waals surface area (Å²) in [5, 5.41) is 5.74. The molecule has 0 aliphatic rings. The molecule has 1 amide bonds. The lowest BCUT2D eigenvalue weighted by molar-refractivity contribution is -0.109. The van der Waals surface area contributed by atoms with E-state index in [1.165, 1.54) is 5.56 Å². The van der Waals surface area contributed by atoms with Gasteiger partial charge in [0.25, 0.3) is 0 Å². The fourth-order valence-electron chi connectivity index (χ4n) is 1.25. The lowest BCUT2D eigenvalue weighted by atomic mass is 10.2. The van der Waals surface area contributed by atoms with Gasteiger partial charge in [-0.1, -0.05) is 30.3 Å². The van der Waals surface area contributed by atoms with E-state index in [4.69, 9.17) is 4.74 Å². The van der Waals surface area contributed by atoms with Crippen molar-refractivity contribution in [2.75, 3.05) is 26.2 Å². The molecule has 0 spiro atoms. The first-order valence-corrected chi connectivity index (χ1v) is 5.43. The van der Waals surface area contributed by atoms with Crippen molar-refractivity contribution >= 4 is 6.41 Å². The van der Waals surface area contributed by atoms with Crippen molar-refractivity contribution in [2.45, 2.75) is 6.61 Å². The van der Waals surface area contributed by atoms with Crippen LogP contribution in [-0.4, -0.2) is 32.7 Å². The molecule has 16 heavy (non-hydrogen) atoms. The zero-order chi connectivity index (χ0) is 11.5. The molecular weight excluding hydrogens is 204 g/mol. The van der Waals surface area contributed by atoms with E-state index in [1.54, 1.807) is 0 Å². The van der Waals surface area contributed by atoms with Crippen LogP contribution in [0.5, 0.6) is 0 Å². The van der Waals surface area contributed by atoms with E-state index in [9.17, 15) is 4.79 Å². The summed E-state index contributed by atoms with van der Waals surface area (Å²) in [4.78, 5) is 9.93. The van der Waals surface area contributed by atoms with Crippen LogP contribution in [0.3, 0.4) is 0 Å². The van der Waals surface area contributed by atoms with E-state index < -0.39 is 0 Å². The summed E-state index contributed by atoms with van der Waals surface area (Å²) in [6, 6.07) is 10.1. The van der Waals surface area contributed by atoms with Crippen LogP contribution in [0, 0.1) is 0 Å². The summed E-state index contributed by atoms with van der Waals surface area (Å²) in [7, 11) is 0. The van der Waals surface area contributed by atoms with Gasteiger partial charge in [-0.3, -0.25) is 4.79 Å². The Kier molecular flexibility index (Phi) is 7.04. The topological polar surface area (TPSA) is 50.4 Å². The number of carbonyl (C=O) groups excluding carboxylic acids is 1. The second-order valence-corrected chi connectivity index (χ2v) is 3.36. The molecule has 0 radical (unpaired) electrons. The average molecular weight is 222 g/mol. The van der Waals surface area contributed by atoms with Gasteiger partial charge < -0.3 is 15.4 Å². The number of hydrogen-bond donors (Lipinski definition) is 2. The number of rotatable bonds is 9. The minimum Gasteiger partial charge on any atom is -0.375 e. The number of amides is 1. The third-order valence-corrected chi connectivity index (χ3v) is 2.06. The molecule has 88 valence electrons. The summed E-state index contributed by atoms with van der Waals surface area (Å²) in [6.45, 7) is 3.55. The maximum absolute atomic E-state index is 9.93.